The first-order chi connectivity index (χ1) is 5.65. The number of aromatic nitrogens is 1. The Bertz CT molecular complexity index is 314. The largest absolute Gasteiger partial charge is 0.495 e. The molecule has 1 rings (SSSR count). The maximum Gasteiger partial charge on any atom is 0.270 e. The lowest BCUT2D eigenvalue weighted by Gasteiger charge is -2.00. The lowest BCUT2D eigenvalue weighted by atomic mass is 10.3. The average molecular weight is 170 g/mol. The van der Waals surface area contributed by atoms with Gasteiger partial charge in [-0.2, -0.15) is 0 Å². The zero-order valence-corrected chi connectivity index (χ0v) is 6.37. The molecular weight excluding hydrogens is 163 g/mol. The molecular formula is C7H7FN2O2. The van der Waals surface area contributed by atoms with Crippen LogP contribution in [0.4, 0.5) is 4.39 Å². The molecule has 0 unspecified atom stereocenters. The van der Waals surface area contributed by atoms with Crippen molar-refractivity contribution in [1.29, 1.82) is 0 Å². The van der Waals surface area contributed by atoms with Crippen LogP contribution in [0.1, 0.15) is 10.5 Å². The third-order valence-corrected chi connectivity index (χ3v) is 1.29. The van der Waals surface area contributed by atoms with Gasteiger partial charge in [0.1, 0.15) is 5.75 Å². The van der Waals surface area contributed by atoms with Gasteiger partial charge in [0.2, 0.25) is 0 Å². The van der Waals surface area contributed by atoms with Crippen LogP contribution in [0.3, 0.4) is 0 Å². The van der Waals surface area contributed by atoms with Gasteiger partial charge in [-0.25, -0.2) is 9.37 Å². The SMILES string of the molecule is COc1cnc(C(N)=O)c(F)c1. The summed E-state index contributed by atoms with van der Waals surface area (Å²) in [6.45, 7) is 0. The molecule has 64 valence electrons. The molecule has 1 aromatic heterocycles. The maximum absolute atomic E-state index is 12.8. The van der Waals surface area contributed by atoms with Gasteiger partial charge in [0.05, 0.1) is 13.3 Å². The Balaban J connectivity index is 3.12. The fourth-order valence-electron chi connectivity index (χ4n) is 0.713. The summed E-state index contributed by atoms with van der Waals surface area (Å²) in [5, 5.41) is 0. The summed E-state index contributed by atoms with van der Waals surface area (Å²) in [5.74, 6) is -1.42. The van der Waals surface area contributed by atoms with E-state index in [0.717, 1.165) is 6.07 Å². The summed E-state index contributed by atoms with van der Waals surface area (Å²) in [7, 11) is 1.38. The number of nitrogens with two attached hydrogens (primary N) is 1. The van der Waals surface area contributed by atoms with Crippen LogP contribution in [0.15, 0.2) is 12.3 Å². The quantitative estimate of drug-likeness (QED) is 0.695. The molecule has 0 aliphatic rings. The highest BCUT2D eigenvalue weighted by Crippen LogP contribution is 2.12. The molecule has 1 amide bonds. The number of primary amides is 1. The van der Waals surface area contributed by atoms with Crippen molar-refractivity contribution in [3.63, 3.8) is 0 Å². The predicted octanol–water partition coefficient (Wildman–Crippen LogP) is 0.328. The van der Waals surface area contributed by atoms with Crippen LogP contribution >= 0.6 is 0 Å². The van der Waals surface area contributed by atoms with Crippen molar-refractivity contribution in [2.75, 3.05) is 7.11 Å². The Morgan fingerprint density at radius 1 is 1.75 bits per heavy atom. The van der Waals surface area contributed by atoms with Crippen molar-refractivity contribution in [2.24, 2.45) is 5.73 Å². The number of pyridine rings is 1. The second-order valence-corrected chi connectivity index (χ2v) is 2.07. The molecule has 12 heavy (non-hydrogen) atoms. The van der Waals surface area contributed by atoms with E-state index in [4.69, 9.17) is 5.73 Å². The van der Waals surface area contributed by atoms with Crippen LogP contribution < -0.4 is 10.5 Å². The molecule has 0 aromatic carbocycles. The van der Waals surface area contributed by atoms with E-state index in [0.29, 0.717) is 0 Å². The number of methoxy groups -OCH3 is 1. The summed E-state index contributed by atoms with van der Waals surface area (Å²) in [6.07, 6.45) is 1.23. The van der Waals surface area contributed by atoms with E-state index in [2.05, 4.69) is 9.72 Å². The van der Waals surface area contributed by atoms with E-state index < -0.39 is 11.7 Å². The van der Waals surface area contributed by atoms with Crippen molar-refractivity contribution in [3.05, 3.63) is 23.8 Å². The van der Waals surface area contributed by atoms with Gasteiger partial charge in [-0.1, -0.05) is 0 Å². The molecule has 2 N–H and O–H groups in total. The summed E-state index contributed by atoms with van der Waals surface area (Å²) in [4.78, 5) is 14.0. The molecule has 0 spiro atoms. The first-order valence-corrected chi connectivity index (χ1v) is 3.14. The second kappa shape index (κ2) is 3.17. The Kier molecular flexibility index (Phi) is 2.23. The summed E-state index contributed by atoms with van der Waals surface area (Å²) in [6, 6.07) is 1.05. The smallest absolute Gasteiger partial charge is 0.270 e. The van der Waals surface area contributed by atoms with Crippen LogP contribution in [-0.2, 0) is 0 Å². The highest BCUT2D eigenvalue weighted by molar-refractivity contribution is 5.91. The van der Waals surface area contributed by atoms with Crippen molar-refractivity contribution in [2.45, 2.75) is 0 Å². The minimum absolute atomic E-state index is 0.248. The topological polar surface area (TPSA) is 65.2 Å². The molecule has 0 aliphatic carbocycles. The average Bonchev–Trinajstić information content (AvgIpc) is 2.03. The van der Waals surface area contributed by atoms with E-state index in [1.54, 1.807) is 0 Å². The summed E-state index contributed by atoms with van der Waals surface area (Å²) < 4.78 is 17.5. The fraction of sp³-hybridized carbons (Fsp3) is 0.143. The fourth-order valence-corrected chi connectivity index (χ4v) is 0.713. The number of halogens is 1. The molecule has 5 heteroatoms. The number of amides is 1. The van der Waals surface area contributed by atoms with Crippen molar-refractivity contribution < 1.29 is 13.9 Å². The number of hydrogen-bond acceptors (Lipinski definition) is 3. The van der Waals surface area contributed by atoms with Crippen LogP contribution in [0.25, 0.3) is 0 Å². The van der Waals surface area contributed by atoms with E-state index in [9.17, 15) is 9.18 Å². The van der Waals surface area contributed by atoms with E-state index >= 15 is 0 Å². The number of rotatable bonds is 2. The van der Waals surface area contributed by atoms with Crippen molar-refractivity contribution in [1.82, 2.24) is 4.98 Å². The highest BCUT2D eigenvalue weighted by Gasteiger charge is 2.10. The molecule has 0 atom stereocenters. The third kappa shape index (κ3) is 1.50. The van der Waals surface area contributed by atoms with Gasteiger partial charge >= 0.3 is 0 Å². The zero-order chi connectivity index (χ0) is 9.14. The van der Waals surface area contributed by atoms with Crippen molar-refractivity contribution >= 4 is 5.91 Å². The molecule has 0 radical (unpaired) electrons. The van der Waals surface area contributed by atoms with Gasteiger partial charge in [0, 0.05) is 6.07 Å². The van der Waals surface area contributed by atoms with Gasteiger partial charge in [0.25, 0.3) is 5.91 Å². The number of carbonyl (C=O) groups excluding carboxylic acids is 1. The zero-order valence-electron chi connectivity index (χ0n) is 6.37. The van der Waals surface area contributed by atoms with Crippen LogP contribution in [-0.4, -0.2) is 18.0 Å². The van der Waals surface area contributed by atoms with Gasteiger partial charge in [0.15, 0.2) is 11.5 Å². The standard InChI is InChI=1S/C7H7FN2O2/c1-12-4-2-5(8)6(7(9)11)10-3-4/h2-3H,1H3,(H2,9,11). The number of nitrogens with zero attached hydrogens (tertiary/aromatic N) is 1. The summed E-state index contributed by atoms with van der Waals surface area (Å²) >= 11 is 0. The van der Waals surface area contributed by atoms with E-state index in [1.165, 1.54) is 13.3 Å². The van der Waals surface area contributed by atoms with Gasteiger partial charge in [-0.15, -0.1) is 0 Å². The first kappa shape index (κ1) is 8.45. The van der Waals surface area contributed by atoms with E-state index in [1.807, 2.05) is 0 Å². The minimum Gasteiger partial charge on any atom is -0.495 e. The Morgan fingerprint density at radius 3 is 2.83 bits per heavy atom. The Morgan fingerprint density at radius 2 is 2.42 bits per heavy atom. The molecule has 0 fully saturated rings. The monoisotopic (exact) mass is 170 g/mol. The molecule has 0 saturated carbocycles. The lowest BCUT2D eigenvalue weighted by molar-refractivity contribution is 0.0991. The first-order valence-electron chi connectivity index (χ1n) is 3.14. The predicted molar refractivity (Wildman–Crippen MR) is 39.3 cm³/mol. The van der Waals surface area contributed by atoms with Gasteiger partial charge in [-0.3, -0.25) is 4.79 Å². The molecule has 0 bridgehead atoms. The third-order valence-electron chi connectivity index (χ3n) is 1.29. The molecule has 0 saturated heterocycles. The Hall–Kier alpha value is -1.65. The van der Waals surface area contributed by atoms with Crippen LogP contribution in [0, 0.1) is 5.82 Å². The van der Waals surface area contributed by atoms with Gasteiger partial charge in [-0.05, 0) is 0 Å². The van der Waals surface area contributed by atoms with Crippen LogP contribution in [0.2, 0.25) is 0 Å². The molecule has 0 aliphatic heterocycles. The highest BCUT2D eigenvalue weighted by atomic mass is 19.1. The lowest BCUT2D eigenvalue weighted by Crippen LogP contribution is -2.15. The van der Waals surface area contributed by atoms with Crippen LogP contribution in [0.5, 0.6) is 5.75 Å². The second-order valence-electron chi connectivity index (χ2n) is 2.07. The molecule has 1 aromatic rings. The number of carbonyl (C=O) groups is 1. The minimum atomic E-state index is -0.893. The molecule has 1 heterocycles. The normalized spacial score (nSPS) is 9.50. The van der Waals surface area contributed by atoms with Gasteiger partial charge < -0.3 is 10.5 Å². The summed E-state index contributed by atoms with van der Waals surface area (Å²) in [5.41, 5.74) is 4.44. The Labute approximate surface area is 68.2 Å². The number of hydrogen-bond donors (Lipinski definition) is 1. The van der Waals surface area contributed by atoms with Crippen molar-refractivity contribution in [3.8, 4) is 5.75 Å². The maximum atomic E-state index is 12.8. The van der Waals surface area contributed by atoms with E-state index in [-0.39, 0.29) is 11.4 Å². The molecule has 4 nitrogen and oxygen atoms in total. The number of ether oxygens (including phenoxy) is 1.